The van der Waals surface area contributed by atoms with Gasteiger partial charge in [-0.2, -0.15) is 0 Å². The minimum atomic E-state index is 0.277. The third-order valence-corrected chi connectivity index (χ3v) is 7.10. The molecule has 1 aromatic carbocycles. The van der Waals surface area contributed by atoms with Crippen LogP contribution in [0.5, 0.6) is 0 Å². The summed E-state index contributed by atoms with van der Waals surface area (Å²) in [6.07, 6.45) is 15.6. The molecule has 168 valence electrons. The molecule has 2 aliphatic rings. The van der Waals surface area contributed by atoms with Crippen molar-refractivity contribution in [2.45, 2.75) is 78.7 Å². The normalized spacial score (nSPS) is 21.4. The highest BCUT2D eigenvalue weighted by molar-refractivity contribution is 5.65. The van der Waals surface area contributed by atoms with Gasteiger partial charge < -0.3 is 4.90 Å². The van der Waals surface area contributed by atoms with E-state index < -0.39 is 0 Å². The van der Waals surface area contributed by atoms with E-state index in [1.165, 1.54) is 73.3 Å². The fourth-order valence-electron chi connectivity index (χ4n) is 5.34. The molecule has 2 unspecified atom stereocenters. The number of para-hydroxylation sites is 1. The molecule has 2 atom stereocenters. The molecule has 1 saturated heterocycles. The van der Waals surface area contributed by atoms with E-state index in [-0.39, 0.29) is 6.04 Å². The van der Waals surface area contributed by atoms with Crippen LogP contribution in [-0.2, 0) is 0 Å². The van der Waals surface area contributed by atoms with Crippen molar-refractivity contribution >= 4 is 5.69 Å². The zero-order chi connectivity index (χ0) is 22.4. The molecule has 1 aromatic rings. The number of anilines is 1. The number of allylic oxidation sites excluding steroid dienone is 3. The van der Waals surface area contributed by atoms with Crippen LogP contribution < -0.4 is 4.90 Å². The summed E-state index contributed by atoms with van der Waals surface area (Å²) in [5, 5.41) is 0. The molecule has 1 fully saturated rings. The molecule has 0 spiro atoms. The van der Waals surface area contributed by atoms with Gasteiger partial charge in [-0.25, -0.2) is 0 Å². The summed E-state index contributed by atoms with van der Waals surface area (Å²) in [5.41, 5.74) is 7.96. The Hall–Kier alpha value is -2.06. The van der Waals surface area contributed by atoms with Crippen LogP contribution in [0.1, 0.15) is 69.9 Å². The van der Waals surface area contributed by atoms with E-state index in [0.29, 0.717) is 5.92 Å². The van der Waals surface area contributed by atoms with Gasteiger partial charge in [0, 0.05) is 11.9 Å². The second-order valence-electron chi connectivity index (χ2n) is 9.53. The van der Waals surface area contributed by atoms with E-state index in [2.05, 4.69) is 80.6 Å². The summed E-state index contributed by atoms with van der Waals surface area (Å²) >= 11 is 0. The minimum Gasteiger partial charge on any atom is -0.319 e. The number of rotatable bonds is 7. The predicted molar refractivity (Wildman–Crippen MR) is 136 cm³/mol. The molecule has 3 rings (SSSR count). The van der Waals surface area contributed by atoms with E-state index in [9.17, 15) is 0 Å². The lowest BCUT2D eigenvalue weighted by atomic mass is 9.82. The molecule has 0 saturated carbocycles. The van der Waals surface area contributed by atoms with Crippen molar-refractivity contribution in [3.05, 3.63) is 77.7 Å². The van der Waals surface area contributed by atoms with Crippen molar-refractivity contribution in [3.63, 3.8) is 0 Å². The maximum absolute atomic E-state index is 4.74. The van der Waals surface area contributed by atoms with Gasteiger partial charge in [-0.1, -0.05) is 67.5 Å². The van der Waals surface area contributed by atoms with Crippen LogP contribution >= 0.6 is 0 Å². The number of hydrogen-bond donors (Lipinski definition) is 0. The Morgan fingerprint density at radius 3 is 2.26 bits per heavy atom. The highest BCUT2D eigenvalue weighted by atomic mass is 15.2. The van der Waals surface area contributed by atoms with Crippen molar-refractivity contribution in [3.8, 4) is 0 Å². The molecule has 2 heteroatoms. The third-order valence-electron chi connectivity index (χ3n) is 7.10. The van der Waals surface area contributed by atoms with Crippen LogP contribution in [0.2, 0.25) is 0 Å². The second kappa shape index (κ2) is 11.0. The number of likely N-dealkylation sites (tertiary alicyclic amines) is 1. The van der Waals surface area contributed by atoms with E-state index in [1.54, 1.807) is 5.57 Å². The van der Waals surface area contributed by atoms with E-state index in [4.69, 9.17) is 6.58 Å². The summed E-state index contributed by atoms with van der Waals surface area (Å²) in [5.74, 6) is 0.632. The molecule has 0 amide bonds. The zero-order valence-electron chi connectivity index (χ0n) is 20.3. The van der Waals surface area contributed by atoms with Gasteiger partial charge in [-0.05, 0) is 89.9 Å². The van der Waals surface area contributed by atoms with Crippen molar-refractivity contribution in [2.75, 3.05) is 18.0 Å². The predicted octanol–water partition coefficient (Wildman–Crippen LogP) is 7.70. The summed E-state index contributed by atoms with van der Waals surface area (Å²) in [4.78, 5) is 5.08. The van der Waals surface area contributed by atoms with Crippen molar-refractivity contribution in [1.29, 1.82) is 0 Å². The Morgan fingerprint density at radius 2 is 1.74 bits per heavy atom. The first-order chi connectivity index (χ1) is 14.9. The van der Waals surface area contributed by atoms with Gasteiger partial charge in [-0.3, -0.25) is 4.90 Å². The van der Waals surface area contributed by atoms with Crippen LogP contribution in [0.3, 0.4) is 0 Å². The highest BCUT2D eigenvalue weighted by Gasteiger charge is 2.31. The number of nitrogens with zero attached hydrogens (tertiary/aromatic N) is 2. The van der Waals surface area contributed by atoms with Crippen LogP contribution in [0.25, 0.3) is 0 Å². The smallest absolute Gasteiger partial charge is 0.0713 e. The van der Waals surface area contributed by atoms with Gasteiger partial charge >= 0.3 is 0 Å². The van der Waals surface area contributed by atoms with Crippen molar-refractivity contribution in [1.82, 2.24) is 4.90 Å². The molecule has 0 aromatic heterocycles. The van der Waals surface area contributed by atoms with Crippen LogP contribution in [0.4, 0.5) is 5.69 Å². The Morgan fingerprint density at radius 1 is 1.10 bits per heavy atom. The lowest BCUT2D eigenvalue weighted by Gasteiger charge is -2.40. The lowest BCUT2D eigenvalue weighted by molar-refractivity contribution is 0.245. The summed E-state index contributed by atoms with van der Waals surface area (Å²) in [7, 11) is 0. The molecule has 0 bridgehead atoms. The molecule has 2 nitrogen and oxygen atoms in total. The average Bonchev–Trinajstić information content (AvgIpc) is 3.03. The standard InChI is InChI=1S/C29H42N2/c1-7-19-31(28-23(4)13-12-14-24(28)5)25(6)29(30-20-10-8-9-11-21-30)27-17-15-26(16-18-27)22(2)3/h7,12-14,17,19,26,29H,2,6,8-11,15-16,18,20-21H2,1,3-5H3/b19-7-. The Kier molecular flexibility index (Phi) is 8.37. The SMILES string of the molecule is C=C(C)C1CC=C(C(C(=C)N(/C=C\C)c2c(C)cccc2C)N2CCCCCC2)CC1. The average molecular weight is 419 g/mol. The van der Waals surface area contributed by atoms with E-state index >= 15 is 0 Å². The molecule has 1 aliphatic heterocycles. The van der Waals surface area contributed by atoms with Crippen LogP contribution in [-0.4, -0.2) is 24.0 Å². The molecule has 0 radical (unpaired) electrons. The van der Waals surface area contributed by atoms with E-state index in [0.717, 1.165) is 12.8 Å². The zero-order valence-corrected chi connectivity index (χ0v) is 20.3. The molecule has 1 aliphatic carbocycles. The van der Waals surface area contributed by atoms with Crippen molar-refractivity contribution in [2.24, 2.45) is 5.92 Å². The maximum Gasteiger partial charge on any atom is 0.0713 e. The highest BCUT2D eigenvalue weighted by Crippen LogP contribution is 2.37. The van der Waals surface area contributed by atoms with Gasteiger partial charge in [0.1, 0.15) is 0 Å². The summed E-state index contributed by atoms with van der Waals surface area (Å²) in [6.45, 7) is 20.0. The molecule has 0 N–H and O–H groups in total. The molecule has 1 heterocycles. The second-order valence-corrected chi connectivity index (χ2v) is 9.53. The van der Waals surface area contributed by atoms with E-state index in [1.807, 2.05) is 0 Å². The fourth-order valence-corrected chi connectivity index (χ4v) is 5.34. The first kappa shape index (κ1) is 23.6. The van der Waals surface area contributed by atoms with Crippen molar-refractivity contribution < 1.29 is 0 Å². The number of benzene rings is 1. The Bertz CT molecular complexity index is 816. The maximum atomic E-state index is 4.74. The van der Waals surface area contributed by atoms with Crippen LogP contribution in [0.15, 0.2) is 66.6 Å². The first-order valence-electron chi connectivity index (χ1n) is 12.2. The molecular formula is C29H42N2. The minimum absolute atomic E-state index is 0.277. The number of aryl methyl sites for hydroxylation is 2. The monoisotopic (exact) mass is 418 g/mol. The lowest BCUT2D eigenvalue weighted by Crippen LogP contribution is -2.43. The quantitative estimate of drug-likeness (QED) is 0.418. The van der Waals surface area contributed by atoms with Gasteiger partial charge in [0.2, 0.25) is 0 Å². The fraction of sp³-hybridized carbons (Fsp3) is 0.517. The first-order valence-corrected chi connectivity index (χ1v) is 12.2. The topological polar surface area (TPSA) is 6.48 Å². The van der Waals surface area contributed by atoms with Gasteiger partial charge in [-0.15, -0.1) is 0 Å². The largest absolute Gasteiger partial charge is 0.319 e. The summed E-state index contributed by atoms with van der Waals surface area (Å²) in [6, 6.07) is 6.85. The van der Waals surface area contributed by atoms with Crippen LogP contribution in [0, 0.1) is 19.8 Å². The summed E-state index contributed by atoms with van der Waals surface area (Å²) < 4.78 is 0. The third kappa shape index (κ3) is 5.60. The number of hydrogen-bond acceptors (Lipinski definition) is 2. The molecular weight excluding hydrogens is 376 g/mol. The Labute approximate surface area is 191 Å². The van der Waals surface area contributed by atoms with Gasteiger partial charge in [0.15, 0.2) is 0 Å². The Balaban J connectivity index is 2.00. The van der Waals surface area contributed by atoms with Gasteiger partial charge in [0.25, 0.3) is 0 Å². The van der Waals surface area contributed by atoms with Gasteiger partial charge in [0.05, 0.1) is 11.7 Å². The molecule has 31 heavy (non-hydrogen) atoms.